The summed E-state index contributed by atoms with van der Waals surface area (Å²) in [6.07, 6.45) is 1.33. The second kappa shape index (κ2) is 2.02. The first kappa shape index (κ1) is 6.02. The van der Waals surface area contributed by atoms with E-state index in [-0.39, 0.29) is 0 Å². The smallest absolute Gasteiger partial charge is 0.319 e. The molecule has 1 N–H and O–H groups in total. The molecule has 1 aromatic rings. The fraction of sp³-hybridized carbons (Fsp3) is 0. The Kier molecular flexibility index (Phi) is 1.35. The maximum Gasteiger partial charge on any atom is 0.319 e. The molecule has 0 spiro atoms. The van der Waals surface area contributed by atoms with Crippen LogP contribution in [0.4, 0.5) is 0 Å². The molecule has 3 radical (unpaired) electrons. The SMILES string of the molecule is O=c1ccn([Si])c(=O)[nH]1. The lowest BCUT2D eigenvalue weighted by Gasteiger charge is -1.88. The van der Waals surface area contributed by atoms with Crippen molar-refractivity contribution in [3.8, 4) is 0 Å². The lowest BCUT2D eigenvalue weighted by atomic mass is 10.7. The molecule has 0 saturated heterocycles. The van der Waals surface area contributed by atoms with Crippen LogP contribution in [0.3, 0.4) is 0 Å². The summed E-state index contributed by atoms with van der Waals surface area (Å²) in [4.78, 5) is 22.9. The van der Waals surface area contributed by atoms with Gasteiger partial charge in [-0.1, -0.05) is 0 Å². The third kappa shape index (κ3) is 1.17. The van der Waals surface area contributed by atoms with Crippen molar-refractivity contribution in [2.24, 2.45) is 0 Å². The van der Waals surface area contributed by atoms with Gasteiger partial charge in [0.25, 0.3) is 5.56 Å². The zero-order chi connectivity index (χ0) is 6.85. The molecule has 1 rings (SSSR count). The standard InChI is InChI=1S/C4H3N2O2Si/c7-3-1-2-6(9)4(8)5-3/h1-2H,(H,5,7,8). The van der Waals surface area contributed by atoms with Crippen molar-refractivity contribution in [1.82, 2.24) is 9.22 Å². The van der Waals surface area contributed by atoms with Crippen molar-refractivity contribution in [1.29, 1.82) is 0 Å². The Balaban J connectivity index is 3.52. The van der Waals surface area contributed by atoms with Crippen LogP contribution >= 0.6 is 0 Å². The van der Waals surface area contributed by atoms with Crippen LogP contribution in [0.5, 0.6) is 0 Å². The highest BCUT2D eigenvalue weighted by molar-refractivity contribution is 6.06. The van der Waals surface area contributed by atoms with Crippen LogP contribution in [0.1, 0.15) is 0 Å². The molecule has 0 aliphatic rings. The highest BCUT2D eigenvalue weighted by Crippen LogP contribution is 1.60. The highest BCUT2D eigenvalue weighted by Gasteiger charge is 1.85. The monoisotopic (exact) mass is 139 g/mol. The van der Waals surface area contributed by atoms with Gasteiger partial charge >= 0.3 is 5.69 Å². The first-order valence-electron chi connectivity index (χ1n) is 2.24. The minimum atomic E-state index is -0.473. The third-order valence-corrected chi connectivity index (χ3v) is 1.18. The van der Waals surface area contributed by atoms with Crippen LogP contribution < -0.4 is 11.2 Å². The van der Waals surface area contributed by atoms with E-state index < -0.39 is 11.2 Å². The van der Waals surface area contributed by atoms with Crippen LogP contribution in [0, 0.1) is 0 Å². The van der Waals surface area contributed by atoms with E-state index in [0.717, 1.165) is 4.23 Å². The van der Waals surface area contributed by atoms with Gasteiger partial charge in [-0.25, -0.2) is 4.79 Å². The van der Waals surface area contributed by atoms with Crippen molar-refractivity contribution >= 4 is 10.4 Å². The molecule has 0 saturated carbocycles. The summed E-state index contributed by atoms with van der Waals surface area (Å²) in [6.45, 7) is 0. The summed E-state index contributed by atoms with van der Waals surface area (Å²) < 4.78 is 1.10. The van der Waals surface area contributed by atoms with Crippen LogP contribution in [0.25, 0.3) is 0 Å². The third-order valence-electron chi connectivity index (χ3n) is 0.824. The van der Waals surface area contributed by atoms with Crippen LogP contribution in [0.15, 0.2) is 21.9 Å². The van der Waals surface area contributed by atoms with Gasteiger partial charge in [-0.2, -0.15) is 0 Å². The van der Waals surface area contributed by atoms with Gasteiger partial charge < -0.3 is 4.23 Å². The molecule has 9 heavy (non-hydrogen) atoms. The van der Waals surface area contributed by atoms with Gasteiger partial charge in [0.1, 0.15) is 0 Å². The Hall–Kier alpha value is -1.10. The molecule has 1 aromatic heterocycles. The summed E-state index contributed by atoms with van der Waals surface area (Å²) in [5.74, 6) is 0. The minimum absolute atomic E-state index is 0.394. The van der Waals surface area contributed by atoms with Crippen LogP contribution in [0.2, 0.25) is 0 Å². The summed E-state index contributed by atoms with van der Waals surface area (Å²) in [7, 11) is 2.91. The minimum Gasteiger partial charge on any atom is -0.330 e. The van der Waals surface area contributed by atoms with Gasteiger partial charge in [0.2, 0.25) is 10.4 Å². The van der Waals surface area contributed by atoms with Gasteiger partial charge in [0.05, 0.1) is 0 Å². The van der Waals surface area contributed by atoms with Gasteiger partial charge in [0.15, 0.2) is 0 Å². The first-order chi connectivity index (χ1) is 4.20. The predicted octanol–water partition coefficient (Wildman–Crippen LogP) is -1.53. The molecule has 45 valence electrons. The Bertz CT molecular complexity index is 313. The molecule has 0 amide bonds. The van der Waals surface area contributed by atoms with Gasteiger partial charge in [0, 0.05) is 12.3 Å². The molecule has 0 aliphatic heterocycles. The van der Waals surface area contributed by atoms with E-state index in [1.165, 1.54) is 12.3 Å². The number of aromatic nitrogens is 2. The molecule has 0 unspecified atom stereocenters. The summed E-state index contributed by atoms with van der Waals surface area (Å²) in [6, 6.07) is 1.24. The average molecular weight is 139 g/mol. The Labute approximate surface area is 53.7 Å². The van der Waals surface area contributed by atoms with E-state index in [9.17, 15) is 9.59 Å². The van der Waals surface area contributed by atoms with E-state index in [4.69, 9.17) is 0 Å². The molecule has 0 aromatic carbocycles. The van der Waals surface area contributed by atoms with Crippen molar-refractivity contribution in [3.05, 3.63) is 33.1 Å². The van der Waals surface area contributed by atoms with E-state index in [1.54, 1.807) is 0 Å². The molecule has 0 fully saturated rings. The van der Waals surface area contributed by atoms with Gasteiger partial charge in [-0.15, -0.1) is 0 Å². The quantitative estimate of drug-likeness (QED) is 0.443. The number of aromatic amines is 1. The maximum atomic E-state index is 10.5. The zero-order valence-corrected chi connectivity index (χ0v) is 5.42. The fourth-order valence-corrected chi connectivity index (χ4v) is 0.548. The first-order valence-corrected chi connectivity index (χ1v) is 2.68. The lowest BCUT2D eigenvalue weighted by molar-refractivity contribution is 0.977. The lowest BCUT2D eigenvalue weighted by Crippen LogP contribution is -2.27. The molecular weight excluding hydrogens is 136 g/mol. The number of rotatable bonds is 0. The van der Waals surface area contributed by atoms with Crippen LogP contribution in [-0.4, -0.2) is 19.6 Å². The fourth-order valence-electron chi connectivity index (χ4n) is 0.417. The van der Waals surface area contributed by atoms with E-state index in [1.807, 2.05) is 4.98 Å². The number of nitrogens with one attached hydrogen (secondary N) is 1. The molecule has 0 atom stereocenters. The molecule has 0 aliphatic carbocycles. The van der Waals surface area contributed by atoms with E-state index >= 15 is 0 Å². The molecule has 5 heteroatoms. The van der Waals surface area contributed by atoms with E-state index in [2.05, 4.69) is 10.4 Å². The number of H-pyrrole nitrogens is 1. The normalized spacial score (nSPS) is 9.44. The topological polar surface area (TPSA) is 54.9 Å². The maximum absolute atomic E-state index is 10.5. The second-order valence-electron chi connectivity index (χ2n) is 1.48. The van der Waals surface area contributed by atoms with Crippen molar-refractivity contribution < 1.29 is 0 Å². The Morgan fingerprint density at radius 3 is 2.67 bits per heavy atom. The van der Waals surface area contributed by atoms with Crippen molar-refractivity contribution in [3.63, 3.8) is 0 Å². The summed E-state index contributed by atoms with van der Waals surface area (Å²) >= 11 is 0. The predicted molar refractivity (Wildman–Crippen MR) is 32.5 cm³/mol. The van der Waals surface area contributed by atoms with Crippen LogP contribution in [-0.2, 0) is 0 Å². The number of nitrogens with zero attached hydrogens (tertiary/aromatic N) is 1. The van der Waals surface area contributed by atoms with E-state index in [0.29, 0.717) is 0 Å². The zero-order valence-electron chi connectivity index (χ0n) is 4.42. The summed E-state index contributed by atoms with van der Waals surface area (Å²) in [5, 5.41) is 0. The second-order valence-corrected chi connectivity index (χ2v) is 1.96. The van der Waals surface area contributed by atoms with Crippen molar-refractivity contribution in [2.75, 3.05) is 0 Å². The van der Waals surface area contributed by atoms with Gasteiger partial charge in [-0.3, -0.25) is 9.78 Å². The summed E-state index contributed by atoms with van der Waals surface area (Å²) in [5.41, 5.74) is -0.867. The molecular formula is C4H3N2O2Si. The molecule has 1 heterocycles. The highest BCUT2D eigenvalue weighted by atomic mass is 28.2. The average Bonchev–Trinajstić information content (AvgIpc) is 1.80. The molecule has 4 nitrogen and oxygen atoms in total. The Morgan fingerprint density at radius 2 is 2.22 bits per heavy atom. The number of hydrogen-bond donors (Lipinski definition) is 1. The van der Waals surface area contributed by atoms with Crippen molar-refractivity contribution in [2.45, 2.75) is 0 Å². The molecule has 0 bridgehead atoms. The van der Waals surface area contributed by atoms with Gasteiger partial charge in [-0.05, 0) is 0 Å². The Morgan fingerprint density at radius 1 is 1.56 bits per heavy atom. The largest absolute Gasteiger partial charge is 0.330 e. The number of hydrogen-bond acceptors (Lipinski definition) is 2.